The average molecular weight is 271 g/mol. The molecule has 20 heavy (non-hydrogen) atoms. The molecule has 1 aromatic heterocycles. The Kier molecular flexibility index (Phi) is 4.26. The van der Waals surface area contributed by atoms with Crippen molar-refractivity contribution in [1.82, 2.24) is 9.78 Å². The second-order valence-electron chi connectivity index (χ2n) is 4.36. The summed E-state index contributed by atoms with van der Waals surface area (Å²) in [4.78, 5) is 0. The Morgan fingerprint density at radius 2 is 2.10 bits per heavy atom. The zero-order valence-corrected chi connectivity index (χ0v) is 11.9. The summed E-state index contributed by atoms with van der Waals surface area (Å²) in [5.41, 5.74) is 2.53. The number of benzene rings is 1. The van der Waals surface area contributed by atoms with E-state index >= 15 is 0 Å². The molecule has 5 nitrogen and oxygen atoms in total. The lowest BCUT2D eigenvalue weighted by molar-refractivity contribution is 0.274. The van der Waals surface area contributed by atoms with Crippen LogP contribution in [0.15, 0.2) is 24.3 Å². The first-order chi connectivity index (χ1) is 9.67. The number of nitriles is 1. The molecule has 0 bridgehead atoms. The molecule has 0 aliphatic heterocycles. The number of hydrogen-bond donors (Lipinski definition) is 0. The molecule has 1 heterocycles. The van der Waals surface area contributed by atoms with Gasteiger partial charge in [0.05, 0.1) is 30.1 Å². The maximum atomic E-state index is 8.87. The average Bonchev–Trinajstić information content (AvgIpc) is 2.85. The van der Waals surface area contributed by atoms with Gasteiger partial charge in [0.1, 0.15) is 6.61 Å². The van der Waals surface area contributed by atoms with Gasteiger partial charge in [0.2, 0.25) is 0 Å². The third kappa shape index (κ3) is 2.91. The first-order valence-corrected chi connectivity index (χ1v) is 6.42. The Balaban J connectivity index is 2.16. The van der Waals surface area contributed by atoms with Gasteiger partial charge in [-0.3, -0.25) is 4.68 Å². The van der Waals surface area contributed by atoms with Crippen LogP contribution in [0.3, 0.4) is 0 Å². The van der Waals surface area contributed by atoms with Gasteiger partial charge < -0.3 is 9.47 Å². The fourth-order valence-electron chi connectivity index (χ4n) is 2.00. The van der Waals surface area contributed by atoms with Crippen LogP contribution < -0.4 is 9.47 Å². The van der Waals surface area contributed by atoms with E-state index in [0.29, 0.717) is 23.7 Å². The molecule has 0 aliphatic rings. The van der Waals surface area contributed by atoms with Gasteiger partial charge in [-0.2, -0.15) is 10.4 Å². The van der Waals surface area contributed by atoms with Crippen molar-refractivity contribution in [3.8, 4) is 17.6 Å². The zero-order valence-electron chi connectivity index (χ0n) is 11.9. The number of aryl methyl sites for hydroxylation is 2. The van der Waals surface area contributed by atoms with Gasteiger partial charge in [0.25, 0.3) is 0 Å². The van der Waals surface area contributed by atoms with E-state index in [4.69, 9.17) is 14.7 Å². The van der Waals surface area contributed by atoms with E-state index in [0.717, 1.165) is 17.9 Å². The lowest BCUT2D eigenvalue weighted by Crippen LogP contribution is -2.06. The van der Waals surface area contributed by atoms with Gasteiger partial charge in [0, 0.05) is 12.6 Å². The molecular weight excluding hydrogens is 254 g/mol. The maximum Gasteiger partial charge on any atom is 0.162 e. The highest BCUT2D eigenvalue weighted by Gasteiger charge is 2.09. The monoisotopic (exact) mass is 271 g/mol. The highest BCUT2D eigenvalue weighted by atomic mass is 16.5. The number of hydrogen-bond acceptors (Lipinski definition) is 4. The molecular formula is C15H17N3O2. The molecule has 0 saturated carbocycles. The van der Waals surface area contributed by atoms with E-state index in [1.165, 1.54) is 0 Å². The summed E-state index contributed by atoms with van der Waals surface area (Å²) in [6, 6.07) is 9.19. The number of nitrogens with zero attached hydrogens (tertiary/aromatic N) is 3. The van der Waals surface area contributed by atoms with E-state index < -0.39 is 0 Å². The molecule has 0 radical (unpaired) electrons. The predicted octanol–water partition coefficient (Wildman–Crippen LogP) is 2.67. The van der Waals surface area contributed by atoms with Gasteiger partial charge in [-0.15, -0.1) is 0 Å². The van der Waals surface area contributed by atoms with Crippen molar-refractivity contribution in [1.29, 1.82) is 5.26 Å². The molecule has 2 aromatic rings. The number of ether oxygens (including phenoxy) is 2. The van der Waals surface area contributed by atoms with E-state index in [2.05, 4.69) is 11.2 Å². The van der Waals surface area contributed by atoms with Gasteiger partial charge in [-0.05, 0) is 32.0 Å². The van der Waals surface area contributed by atoms with Crippen LogP contribution in [0.5, 0.6) is 11.5 Å². The zero-order chi connectivity index (χ0) is 14.5. The molecule has 0 aliphatic carbocycles. The van der Waals surface area contributed by atoms with Gasteiger partial charge in [0.15, 0.2) is 11.5 Å². The van der Waals surface area contributed by atoms with Gasteiger partial charge in [-0.25, -0.2) is 0 Å². The molecule has 5 heteroatoms. The fraction of sp³-hybridized carbons (Fsp3) is 0.333. The smallest absolute Gasteiger partial charge is 0.162 e. The summed E-state index contributed by atoms with van der Waals surface area (Å²) >= 11 is 0. The SMILES string of the molecule is CCn1nc(C)cc1COc1ccc(C#N)cc1OC. The van der Waals surface area contributed by atoms with Crippen LogP contribution in [0.4, 0.5) is 0 Å². The topological polar surface area (TPSA) is 60.1 Å². The summed E-state index contributed by atoms with van der Waals surface area (Å²) in [5.74, 6) is 1.18. The highest BCUT2D eigenvalue weighted by molar-refractivity contribution is 5.46. The molecule has 0 atom stereocenters. The van der Waals surface area contributed by atoms with Crippen molar-refractivity contribution in [3.63, 3.8) is 0 Å². The standard InChI is InChI=1S/C15H17N3O2/c1-4-18-13(7-11(2)17-18)10-20-14-6-5-12(9-16)8-15(14)19-3/h5-8H,4,10H2,1-3H3. The Labute approximate surface area is 118 Å². The minimum atomic E-state index is 0.414. The van der Waals surface area contributed by atoms with Crippen LogP contribution in [0.1, 0.15) is 23.9 Å². The van der Waals surface area contributed by atoms with Crippen molar-refractivity contribution in [2.45, 2.75) is 27.0 Å². The lowest BCUT2D eigenvalue weighted by atomic mass is 10.2. The van der Waals surface area contributed by atoms with Crippen LogP contribution in [-0.2, 0) is 13.2 Å². The van der Waals surface area contributed by atoms with Crippen molar-refractivity contribution < 1.29 is 9.47 Å². The Morgan fingerprint density at radius 1 is 1.30 bits per heavy atom. The molecule has 0 saturated heterocycles. The largest absolute Gasteiger partial charge is 0.493 e. The summed E-state index contributed by atoms with van der Waals surface area (Å²) in [7, 11) is 1.56. The van der Waals surface area contributed by atoms with Crippen molar-refractivity contribution in [2.75, 3.05) is 7.11 Å². The Bertz CT molecular complexity index is 641. The first-order valence-electron chi connectivity index (χ1n) is 6.42. The summed E-state index contributed by atoms with van der Waals surface area (Å²) in [6.45, 7) is 5.21. The first kappa shape index (κ1) is 13.9. The minimum absolute atomic E-state index is 0.414. The van der Waals surface area contributed by atoms with Gasteiger partial charge in [-0.1, -0.05) is 0 Å². The number of aromatic nitrogens is 2. The lowest BCUT2D eigenvalue weighted by Gasteiger charge is -2.11. The van der Waals surface area contributed by atoms with Crippen molar-refractivity contribution >= 4 is 0 Å². The number of rotatable bonds is 5. The maximum absolute atomic E-state index is 8.87. The van der Waals surface area contributed by atoms with Crippen LogP contribution in [0.25, 0.3) is 0 Å². The summed E-state index contributed by atoms with van der Waals surface area (Å²) in [6.07, 6.45) is 0. The fourth-order valence-corrected chi connectivity index (χ4v) is 2.00. The Hall–Kier alpha value is -2.48. The molecule has 0 spiro atoms. The quantitative estimate of drug-likeness (QED) is 0.838. The van der Waals surface area contributed by atoms with E-state index in [1.54, 1.807) is 25.3 Å². The van der Waals surface area contributed by atoms with E-state index in [9.17, 15) is 0 Å². The summed E-state index contributed by atoms with van der Waals surface area (Å²) in [5, 5.41) is 13.2. The predicted molar refractivity (Wildman–Crippen MR) is 74.7 cm³/mol. The number of methoxy groups -OCH3 is 1. The van der Waals surface area contributed by atoms with Gasteiger partial charge >= 0.3 is 0 Å². The molecule has 0 N–H and O–H groups in total. The van der Waals surface area contributed by atoms with Crippen LogP contribution >= 0.6 is 0 Å². The van der Waals surface area contributed by atoms with Crippen molar-refractivity contribution in [2.24, 2.45) is 0 Å². The summed E-state index contributed by atoms with van der Waals surface area (Å²) < 4.78 is 12.9. The van der Waals surface area contributed by atoms with Crippen LogP contribution in [-0.4, -0.2) is 16.9 Å². The molecule has 104 valence electrons. The Morgan fingerprint density at radius 3 is 2.75 bits per heavy atom. The molecule has 1 aromatic carbocycles. The molecule has 0 amide bonds. The second kappa shape index (κ2) is 6.11. The third-order valence-electron chi connectivity index (χ3n) is 2.95. The second-order valence-corrected chi connectivity index (χ2v) is 4.36. The van der Waals surface area contributed by atoms with E-state index in [-0.39, 0.29) is 0 Å². The third-order valence-corrected chi connectivity index (χ3v) is 2.95. The molecule has 0 fully saturated rings. The highest BCUT2D eigenvalue weighted by Crippen LogP contribution is 2.28. The van der Waals surface area contributed by atoms with Crippen molar-refractivity contribution in [3.05, 3.63) is 41.2 Å². The normalized spacial score (nSPS) is 10.1. The van der Waals surface area contributed by atoms with Crippen LogP contribution in [0, 0.1) is 18.3 Å². The van der Waals surface area contributed by atoms with Crippen LogP contribution in [0.2, 0.25) is 0 Å². The molecule has 0 unspecified atom stereocenters. The molecule has 2 rings (SSSR count). The minimum Gasteiger partial charge on any atom is -0.493 e. The van der Waals surface area contributed by atoms with E-state index in [1.807, 2.05) is 24.6 Å².